The fourth-order valence-corrected chi connectivity index (χ4v) is 6.79. The first-order valence-electron chi connectivity index (χ1n) is 13.3. The van der Waals surface area contributed by atoms with Crippen molar-refractivity contribution in [3.8, 4) is 33.4 Å². The molecule has 176 valence electrons. The Labute approximate surface area is 217 Å². The highest BCUT2D eigenvalue weighted by atomic mass is 14.3. The summed E-state index contributed by atoms with van der Waals surface area (Å²) in [5.41, 5.74) is 10.9. The second-order valence-corrected chi connectivity index (χ2v) is 11.8. The molecule has 0 aliphatic heterocycles. The molecule has 0 bridgehead atoms. The average molecular weight is 473 g/mol. The molecule has 0 atom stereocenters. The highest BCUT2D eigenvalue weighted by Crippen LogP contribution is 2.50. The van der Waals surface area contributed by atoms with Crippen molar-refractivity contribution in [1.82, 2.24) is 0 Å². The monoisotopic (exact) mass is 472 g/mol. The Morgan fingerprint density at radius 2 is 1.03 bits per heavy atom. The topological polar surface area (TPSA) is 0 Å². The van der Waals surface area contributed by atoms with E-state index in [0.717, 1.165) is 0 Å². The summed E-state index contributed by atoms with van der Waals surface area (Å²) >= 11 is 0. The van der Waals surface area contributed by atoms with E-state index in [2.05, 4.69) is 125 Å². The number of hydrogen-bond acceptors (Lipinski definition) is 0. The predicted octanol–water partition coefficient (Wildman–Crippen LogP) is 10.7. The summed E-state index contributed by atoms with van der Waals surface area (Å²) in [7, 11) is 0. The summed E-state index contributed by atoms with van der Waals surface area (Å²) < 4.78 is 0. The maximum atomic E-state index is 2.41. The van der Waals surface area contributed by atoms with Gasteiger partial charge in [-0.2, -0.15) is 0 Å². The largest absolute Gasteiger partial charge is 0.0616 e. The minimum absolute atomic E-state index is 0.119. The van der Waals surface area contributed by atoms with Crippen LogP contribution in [0.25, 0.3) is 76.5 Å². The maximum absolute atomic E-state index is 2.41. The number of hydrogen-bond donors (Lipinski definition) is 0. The molecule has 0 fully saturated rings. The lowest BCUT2D eigenvalue weighted by Crippen LogP contribution is -2.10. The van der Waals surface area contributed by atoms with Crippen LogP contribution in [-0.4, -0.2) is 0 Å². The lowest BCUT2D eigenvalue weighted by molar-refractivity contribution is 0.591. The van der Waals surface area contributed by atoms with Crippen LogP contribution >= 0.6 is 0 Å². The zero-order valence-corrected chi connectivity index (χ0v) is 21.7. The Morgan fingerprint density at radius 1 is 0.432 bits per heavy atom. The van der Waals surface area contributed by atoms with Gasteiger partial charge in [0.2, 0.25) is 0 Å². The molecule has 1 aliphatic carbocycles. The van der Waals surface area contributed by atoms with E-state index < -0.39 is 0 Å². The third kappa shape index (κ3) is 2.73. The van der Waals surface area contributed by atoms with Gasteiger partial charge in [0.25, 0.3) is 0 Å². The third-order valence-corrected chi connectivity index (χ3v) is 8.63. The van der Waals surface area contributed by atoms with Gasteiger partial charge in [0.1, 0.15) is 0 Å². The SMILES string of the molecule is Cc1cc(-c2ccc3c4c(cccc24)-c2ccccc2-3)c2ccc3cc(C(C)(C)C)cc4ccc1c2c43. The first kappa shape index (κ1) is 21.0. The van der Waals surface area contributed by atoms with E-state index in [1.165, 1.54) is 87.6 Å². The van der Waals surface area contributed by atoms with Crippen molar-refractivity contribution in [2.75, 3.05) is 0 Å². The standard InChI is InChI=1S/C37H28/c1-21-18-33(28-16-17-31-27-9-6-5-8-26(27)29-10-7-11-30(28)35(29)31)32-15-13-23-20-24(37(2,3)4)19-22-12-14-25(21)36(32)34(22)23/h5-20H,1-4H3. The molecule has 7 aromatic rings. The molecule has 0 saturated heterocycles. The number of fused-ring (bicyclic) bond motifs is 3. The van der Waals surface area contributed by atoms with E-state index in [1.54, 1.807) is 0 Å². The molecule has 37 heavy (non-hydrogen) atoms. The summed E-state index contributed by atoms with van der Waals surface area (Å²) in [6.45, 7) is 9.17. The molecule has 0 amide bonds. The van der Waals surface area contributed by atoms with Crippen LogP contribution in [-0.2, 0) is 5.41 Å². The van der Waals surface area contributed by atoms with Gasteiger partial charge in [-0.1, -0.05) is 118 Å². The van der Waals surface area contributed by atoms with Crippen LogP contribution < -0.4 is 0 Å². The Kier molecular flexibility index (Phi) is 3.96. The minimum atomic E-state index is 0.119. The summed E-state index contributed by atoms with van der Waals surface area (Å²) in [6.07, 6.45) is 0. The number of aryl methyl sites for hydroxylation is 1. The molecule has 0 spiro atoms. The molecule has 0 heterocycles. The first-order valence-corrected chi connectivity index (χ1v) is 13.3. The first-order chi connectivity index (χ1) is 17.9. The van der Waals surface area contributed by atoms with Crippen molar-refractivity contribution in [1.29, 1.82) is 0 Å². The molecule has 1 aliphatic rings. The molecule has 0 N–H and O–H groups in total. The zero-order valence-electron chi connectivity index (χ0n) is 21.7. The molecule has 0 heteroatoms. The second-order valence-electron chi connectivity index (χ2n) is 11.8. The van der Waals surface area contributed by atoms with Crippen molar-refractivity contribution in [3.05, 3.63) is 108 Å². The highest BCUT2D eigenvalue weighted by molar-refractivity contribution is 6.28. The fraction of sp³-hybridized carbons (Fsp3) is 0.135. The maximum Gasteiger partial charge on any atom is -0.00179 e. The average Bonchev–Trinajstić information content (AvgIpc) is 3.23. The molecule has 0 aromatic heterocycles. The normalized spacial score (nSPS) is 12.9. The van der Waals surface area contributed by atoms with Gasteiger partial charge in [0.05, 0.1) is 0 Å². The quantitative estimate of drug-likeness (QED) is 0.208. The predicted molar refractivity (Wildman–Crippen MR) is 161 cm³/mol. The van der Waals surface area contributed by atoms with E-state index in [4.69, 9.17) is 0 Å². The summed E-state index contributed by atoms with van der Waals surface area (Å²) in [4.78, 5) is 0. The van der Waals surface area contributed by atoms with E-state index in [1.807, 2.05) is 0 Å². The van der Waals surface area contributed by atoms with Crippen molar-refractivity contribution < 1.29 is 0 Å². The van der Waals surface area contributed by atoms with Gasteiger partial charge < -0.3 is 0 Å². The molecule has 0 saturated carbocycles. The van der Waals surface area contributed by atoms with Crippen LogP contribution in [0.15, 0.2) is 97.1 Å². The molecular weight excluding hydrogens is 444 g/mol. The van der Waals surface area contributed by atoms with Crippen LogP contribution in [0.3, 0.4) is 0 Å². The fourth-order valence-electron chi connectivity index (χ4n) is 6.79. The summed E-state index contributed by atoms with van der Waals surface area (Å²) in [5, 5.41) is 10.9. The molecule has 8 rings (SSSR count). The number of benzene rings is 7. The van der Waals surface area contributed by atoms with Gasteiger partial charge >= 0.3 is 0 Å². The lowest BCUT2D eigenvalue weighted by atomic mass is 9.82. The van der Waals surface area contributed by atoms with Crippen LogP contribution in [0.4, 0.5) is 0 Å². The van der Waals surface area contributed by atoms with Crippen LogP contribution in [0.1, 0.15) is 31.9 Å². The summed E-state index contributed by atoms with van der Waals surface area (Å²) in [6, 6.07) is 36.9. The van der Waals surface area contributed by atoms with Gasteiger partial charge in [-0.05, 0) is 99.9 Å². The van der Waals surface area contributed by atoms with Gasteiger partial charge in [-0.15, -0.1) is 0 Å². The molecule has 0 nitrogen and oxygen atoms in total. The molecule has 7 aromatic carbocycles. The van der Waals surface area contributed by atoms with Crippen molar-refractivity contribution >= 4 is 43.1 Å². The van der Waals surface area contributed by atoms with Gasteiger partial charge in [0.15, 0.2) is 0 Å². The Morgan fingerprint density at radius 3 is 1.73 bits per heavy atom. The van der Waals surface area contributed by atoms with Crippen LogP contribution in [0, 0.1) is 6.92 Å². The van der Waals surface area contributed by atoms with E-state index in [9.17, 15) is 0 Å². The van der Waals surface area contributed by atoms with Crippen molar-refractivity contribution in [2.24, 2.45) is 0 Å². The lowest BCUT2D eigenvalue weighted by Gasteiger charge is -2.22. The highest BCUT2D eigenvalue weighted by Gasteiger charge is 2.24. The Balaban J connectivity index is 1.48. The van der Waals surface area contributed by atoms with Crippen molar-refractivity contribution in [3.63, 3.8) is 0 Å². The molecule has 0 unspecified atom stereocenters. The van der Waals surface area contributed by atoms with Gasteiger partial charge in [-0.3, -0.25) is 0 Å². The molecule has 0 radical (unpaired) electrons. The minimum Gasteiger partial charge on any atom is -0.0616 e. The number of rotatable bonds is 1. The van der Waals surface area contributed by atoms with E-state index in [0.29, 0.717) is 0 Å². The van der Waals surface area contributed by atoms with Gasteiger partial charge in [0, 0.05) is 0 Å². The third-order valence-electron chi connectivity index (χ3n) is 8.63. The second kappa shape index (κ2) is 6.99. The van der Waals surface area contributed by atoms with E-state index >= 15 is 0 Å². The Bertz CT molecular complexity index is 2020. The van der Waals surface area contributed by atoms with Crippen molar-refractivity contribution in [2.45, 2.75) is 33.1 Å². The van der Waals surface area contributed by atoms with E-state index in [-0.39, 0.29) is 5.41 Å². The van der Waals surface area contributed by atoms with Crippen LogP contribution in [0.2, 0.25) is 0 Å². The smallest absolute Gasteiger partial charge is 0.00179 e. The summed E-state index contributed by atoms with van der Waals surface area (Å²) in [5.74, 6) is 0. The molecular formula is C37H28. The van der Waals surface area contributed by atoms with Crippen LogP contribution in [0.5, 0.6) is 0 Å². The van der Waals surface area contributed by atoms with Gasteiger partial charge in [-0.25, -0.2) is 0 Å². The zero-order chi connectivity index (χ0) is 25.1. The Hall–Kier alpha value is -4.16.